The van der Waals surface area contributed by atoms with Gasteiger partial charge in [0.05, 0.1) is 17.3 Å². The van der Waals surface area contributed by atoms with Gasteiger partial charge in [0.2, 0.25) is 0 Å². The predicted octanol–water partition coefficient (Wildman–Crippen LogP) is 2.32. The number of carbonyl (C=O) groups is 2. The summed E-state index contributed by atoms with van der Waals surface area (Å²) < 4.78 is 5.94. The van der Waals surface area contributed by atoms with E-state index < -0.39 is 17.0 Å². The number of nitrogens with zero attached hydrogens (tertiary/aromatic N) is 1. The molecule has 0 fully saturated rings. The van der Waals surface area contributed by atoms with Gasteiger partial charge in [0.1, 0.15) is 16.7 Å². The molecule has 1 unspecified atom stereocenters. The first kappa shape index (κ1) is 13.8. The minimum absolute atomic E-state index is 0.171. The second-order valence-electron chi connectivity index (χ2n) is 3.87. The lowest BCUT2D eigenvalue weighted by Crippen LogP contribution is -2.13. The van der Waals surface area contributed by atoms with E-state index >= 15 is 0 Å². The van der Waals surface area contributed by atoms with Crippen LogP contribution in [0.25, 0.3) is 10.2 Å². The third-order valence-corrected chi connectivity index (χ3v) is 3.92. The number of thiazole rings is 1. The highest BCUT2D eigenvalue weighted by Gasteiger charge is 2.25. The Morgan fingerprint density at radius 1 is 1.53 bits per heavy atom. The molecule has 0 aliphatic heterocycles. The van der Waals surface area contributed by atoms with Gasteiger partial charge < -0.3 is 9.84 Å². The van der Waals surface area contributed by atoms with Crippen LogP contribution in [-0.4, -0.2) is 28.3 Å². The van der Waals surface area contributed by atoms with Crippen molar-refractivity contribution < 1.29 is 19.4 Å². The predicted molar refractivity (Wildman–Crippen MR) is 75.2 cm³/mol. The van der Waals surface area contributed by atoms with Crippen molar-refractivity contribution in [1.29, 1.82) is 0 Å². The normalized spacial score (nSPS) is 12.3. The minimum atomic E-state index is -1.08. The van der Waals surface area contributed by atoms with Crippen molar-refractivity contribution in [2.75, 3.05) is 7.11 Å². The number of carboxylic acids is 1. The number of hydrogen-bond acceptors (Lipinski definition) is 5. The molecule has 1 aromatic carbocycles. The molecule has 0 bridgehead atoms. The molecule has 0 radical (unpaired) electrons. The van der Waals surface area contributed by atoms with E-state index in [4.69, 9.17) is 9.84 Å². The van der Waals surface area contributed by atoms with Gasteiger partial charge in [0.15, 0.2) is 5.12 Å². The standard InChI is InChI=1S/C12H11NO4S2/c1-17-6-2-3-9-8(4-6)13-11(19-9)7(12(15)16)5-10(14)18/h2-4,7H,5H2,1H3,(H,14,18)(H,15,16). The molecule has 1 aromatic heterocycles. The van der Waals surface area contributed by atoms with Gasteiger partial charge in [-0.05, 0) is 12.1 Å². The topological polar surface area (TPSA) is 76.5 Å². The van der Waals surface area contributed by atoms with E-state index in [2.05, 4.69) is 17.6 Å². The van der Waals surface area contributed by atoms with Crippen molar-refractivity contribution in [1.82, 2.24) is 4.98 Å². The maximum atomic E-state index is 11.2. The fourth-order valence-electron chi connectivity index (χ4n) is 1.66. The van der Waals surface area contributed by atoms with Crippen molar-refractivity contribution in [3.8, 4) is 5.75 Å². The molecule has 1 atom stereocenters. The van der Waals surface area contributed by atoms with Gasteiger partial charge in [-0.2, -0.15) is 0 Å². The highest BCUT2D eigenvalue weighted by Crippen LogP contribution is 2.31. The van der Waals surface area contributed by atoms with Crippen LogP contribution in [-0.2, 0) is 9.59 Å². The number of thiol groups is 1. The van der Waals surface area contributed by atoms with Gasteiger partial charge >= 0.3 is 5.97 Å². The molecule has 5 nitrogen and oxygen atoms in total. The molecule has 2 rings (SSSR count). The summed E-state index contributed by atoms with van der Waals surface area (Å²) in [6.07, 6.45) is -0.171. The highest BCUT2D eigenvalue weighted by atomic mass is 32.1. The first-order valence-corrected chi connectivity index (χ1v) is 6.66. The molecular formula is C12H11NO4S2. The lowest BCUT2D eigenvalue weighted by Gasteiger charge is -2.05. The Morgan fingerprint density at radius 2 is 2.26 bits per heavy atom. The quantitative estimate of drug-likeness (QED) is 0.828. The van der Waals surface area contributed by atoms with Crippen molar-refractivity contribution >= 4 is 45.3 Å². The number of aromatic nitrogens is 1. The molecule has 0 aliphatic rings. The summed E-state index contributed by atoms with van der Waals surface area (Å²) in [5.41, 5.74) is 0.664. The zero-order valence-electron chi connectivity index (χ0n) is 9.99. The van der Waals surface area contributed by atoms with Crippen LogP contribution in [0.5, 0.6) is 5.75 Å². The van der Waals surface area contributed by atoms with E-state index in [1.54, 1.807) is 19.2 Å². The lowest BCUT2D eigenvalue weighted by molar-refractivity contribution is -0.139. The summed E-state index contributed by atoms with van der Waals surface area (Å²) in [6, 6.07) is 5.33. The zero-order valence-corrected chi connectivity index (χ0v) is 11.7. The Bertz CT molecular complexity index is 638. The van der Waals surface area contributed by atoms with Crippen LogP contribution < -0.4 is 4.74 Å². The van der Waals surface area contributed by atoms with Crippen molar-refractivity contribution in [2.24, 2.45) is 0 Å². The van der Waals surface area contributed by atoms with Crippen LogP contribution in [0.2, 0.25) is 0 Å². The number of rotatable bonds is 5. The number of ether oxygens (including phenoxy) is 1. The van der Waals surface area contributed by atoms with E-state index in [1.807, 2.05) is 6.07 Å². The maximum Gasteiger partial charge on any atom is 0.313 e. The molecule has 0 saturated carbocycles. The fourth-order valence-corrected chi connectivity index (χ4v) is 2.88. The minimum Gasteiger partial charge on any atom is -0.497 e. The van der Waals surface area contributed by atoms with Gasteiger partial charge in [-0.15, -0.1) is 24.0 Å². The van der Waals surface area contributed by atoms with Gasteiger partial charge in [0, 0.05) is 12.5 Å². The molecule has 7 heteroatoms. The molecule has 100 valence electrons. The Labute approximate surface area is 118 Å². The molecule has 1 heterocycles. The fraction of sp³-hybridized carbons (Fsp3) is 0.250. The molecule has 0 aliphatic carbocycles. The molecule has 19 heavy (non-hydrogen) atoms. The second kappa shape index (κ2) is 5.58. The SMILES string of the molecule is COc1ccc2sc(C(CC(=O)S)C(=O)O)nc2c1. The average Bonchev–Trinajstić information content (AvgIpc) is 2.77. The number of hydrogen-bond donors (Lipinski definition) is 2. The van der Waals surface area contributed by atoms with E-state index in [0.29, 0.717) is 16.3 Å². The van der Waals surface area contributed by atoms with Crippen LogP contribution >= 0.6 is 24.0 Å². The van der Waals surface area contributed by atoms with Crippen LogP contribution in [0.15, 0.2) is 18.2 Å². The monoisotopic (exact) mass is 297 g/mol. The number of carboxylic acid groups (broad SMARTS) is 1. The summed E-state index contributed by atoms with van der Waals surface area (Å²) in [5, 5.41) is 9.09. The van der Waals surface area contributed by atoms with E-state index in [0.717, 1.165) is 4.70 Å². The number of benzene rings is 1. The molecule has 1 N–H and O–H groups in total. The zero-order chi connectivity index (χ0) is 14.0. The summed E-state index contributed by atoms with van der Waals surface area (Å²) in [7, 11) is 1.55. The number of methoxy groups -OCH3 is 1. The first-order chi connectivity index (χ1) is 9.01. The summed E-state index contributed by atoms with van der Waals surface area (Å²) >= 11 is 4.89. The molecule has 0 spiro atoms. The van der Waals surface area contributed by atoms with Gasteiger partial charge in [0.25, 0.3) is 0 Å². The van der Waals surface area contributed by atoms with Gasteiger partial charge in [-0.1, -0.05) is 0 Å². The summed E-state index contributed by atoms with van der Waals surface area (Å²) in [6.45, 7) is 0. The Hall–Kier alpha value is -1.60. The third kappa shape index (κ3) is 3.05. The third-order valence-electron chi connectivity index (χ3n) is 2.59. The van der Waals surface area contributed by atoms with Crippen LogP contribution in [0.3, 0.4) is 0 Å². The number of aliphatic carboxylic acids is 1. The highest BCUT2D eigenvalue weighted by molar-refractivity contribution is 7.96. The van der Waals surface area contributed by atoms with Crippen molar-refractivity contribution in [2.45, 2.75) is 12.3 Å². The molecule has 2 aromatic rings. The van der Waals surface area contributed by atoms with Gasteiger partial charge in [-0.3, -0.25) is 9.59 Å². The Kier molecular flexibility index (Phi) is 4.06. The van der Waals surface area contributed by atoms with E-state index in [9.17, 15) is 9.59 Å². The van der Waals surface area contributed by atoms with E-state index in [1.165, 1.54) is 11.3 Å². The van der Waals surface area contributed by atoms with Crippen molar-refractivity contribution in [3.05, 3.63) is 23.2 Å². The maximum absolute atomic E-state index is 11.2. The van der Waals surface area contributed by atoms with Crippen LogP contribution in [0.1, 0.15) is 17.3 Å². The molecule has 0 saturated heterocycles. The largest absolute Gasteiger partial charge is 0.497 e. The Balaban J connectivity index is 2.42. The summed E-state index contributed by atoms with van der Waals surface area (Å²) in [5.74, 6) is -1.37. The lowest BCUT2D eigenvalue weighted by atomic mass is 10.1. The molecule has 0 amide bonds. The number of fused-ring (bicyclic) bond motifs is 1. The van der Waals surface area contributed by atoms with Crippen LogP contribution in [0, 0.1) is 0 Å². The smallest absolute Gasteiger partial charge is 0.313 e. The van der Waals surface area contributed by atoms with Crippen LogP contribution in [0.4, 0.5) is 0 Å². The average molecular weight is 297 g/mol. The summed E-state index contributed by atoms with van der Waals surface area (Å²) in [4.78, 5) is 26.5. The van der Waals surface area contributed by atoms with E-state index in [-0.39, 0.29) is 6.42 Å². The number of carbonyl (C=O) groups excluding carboxylic acids is 1. The first-order valence-electron chi connectivity index (χ1n) is 5.40. The second-order valence-corrected chi connectivity index (χ2v) is 5.44. The van der Waals surface area contributed by atoms with Crippen molar-refractivity contribution in [3.63, 3.8) is 0 Å². The van der Waals surface area contributed by atoms with Gasteiger partial charge in [-0.25, -0.2) is 4.98 Å². The molecular weight excluding hydrogens is 286 g/mol. The Morgan fingerprint density at radius 3 is 2.84 bits per heavy atom.